The van der Waals surface area contributed by atoms with Gasteiger partial charge >= 0.3 is 0 Å². The van der Waals surface area contributed by atoms with Crippen molar-refractivity contribution in [2.24, 2.45) is 13.0 Å². The summed E-state index contributed by atoms with van der Waals surface area (Å²) in [5.41, 5.74) is 1.51. The Kier molecular flexibility index (Phi) is 3.47. The molecule has 0 aromatic carbocycles. The highest BCUT2D eigenvalue weighted by Gasteiger charge is 2.24. The summed E-state index contributed by atoms with van der Waals surface area (Å²) in [6, 6.07) is 1.82. The number of piperidine rings is 1. The average molecular weight is 237 g/mol. The van der Waals surface area contributed by atoms with Crippen LogP contribution in [0.15, 0.2) is 6.07 Å². The van der Waals surface area contributed by atoms with Crippen molar-refractivity contribution < 1.29 is 9.90 Å². The second-order valence-electron chi connectivity index (χ2n) is 4.71. The van der Waals surface area contributed by atoms with Gasteiger partial charge in [0.25, 0.3) is 5.91 Å². The first-order chi connectivity index (χ1) is 8.11. The van der Waals surface area contributed by atoms with Crippen LogP contribution in [0.4, 0.5) is 0 Å². The molecule has 17 heavy (non-hydrogen) atoms. The number of aryl methyl sites for hydroxylation is 2. The van der Waals surface area contributed by atoms with Crippen molar-refractivity contribution >= 4 is 5.91 Å². The summed E-state index contributed by atoms with van der Waals surface area (Å²) in [6.45, 7) is 3.57. The van der Waals surface area contributed by atoms with Crippen LogP contribution in [0.2, 0.25) is 0 Å². The lowest BCUT2D eigenvalue weighted by atomic mass is 9.98. The zero-order chi connectivity index (χ0) is 12.4. The quantitative estimate of drug-likeness (QED) is 0.818. The first-order valence-electron chi connectivity index (χ1n) is 6.02. The van der Waals surface area contributed by atoms with Gasteiger partial charge in [-0.3, -0.25) is 9.48 Å². The van der Waals surface area contributed by atoms with Crippen LogP contribution in [0.5, 0.6) is 0 Å². The summed E-state index contributed by atoms with van der Waals surface area (Å²) in [4.78, 5) is 14.1. The van der Waals surface area contributed by atoms with Crippen molar-refractivity contribution in [1.29, 1.82) is 0 Å². The Morgan fingerprint density at radius 1 is 1.53 bits per heavy atom. The maximum atomic E-state index is 12.2. The summed E-state index contributed by atoms with van der Waals surface area (Å²) in [5.74, 6) is 0.400. The molecule has 1 aromatic rings. The van der Waals surface area contributed by atoms with Gasteiger partial charge < -0.3 is 10.0 Å². The molecule has 0 spiro atoms. The molecular formula is C12H19N3O2. The maximum absolute atomic E-state index is 12.2. The minimum absolute atomic E-state index is 0.0458. The Bertz CT molecular complexity index is 406. The molecule has 0 radical (unpaired) electrons. The van der Waals surface area contributed by atoms with Gasteiger partial charge in [0.2, 0.25) is 0 Å². The third-order valence-electron chi connectivity index (χ3n) is 3.38. The van der Waals surface area contributed by atoms with Crippen LogP contribution >= 0.6 is 0 Å². The number of hydrogen-bond donors (Lipinski definition) is 1. The number of amides is 1. The predicted molar refractivity (Wildman–Crippen MR) is 63.7 cm³/mol. The lowest BCUT2D eigenvalue weighted by molar-refractivity contribution is 0.0640. The molecule has 1 N–H and O–H groups in total. The molecule has 5 nitrogen and oxygen atoms in total. The van der Waals surface area contributed by atoms with Crippen molar-refractivity contribution in [2.75, 3.05) is 19.7 Å². The van der Waals surface area contributed by atoms with Crippen LogP contribution in [0, 0.1) is 12.8 Å². The zero-order valence-electron chi connectivity index (χ0n) is 10.4. The molecule has 1 aromatic heterocycles. The molecule has 0 unspecified atom stereocenters. The standard InChI is InChI=1S/C12H19N3O2/c1-9-7-11(14(2)13-9)12(17)15-5-3-10(8-16)4-6-15/h7,10,16H,3-6,8H2,1-2H3. The number of likely N-dealkylation sites (tertiary alicyclic amines) is 1. The van der Waals surface area contributed by atoms with E-state index < -0.39 is 0 Å². The summed E-state index contributed by atoms with van der Waals surface area (Å²) < 4.78 is 1.63. The number of rotatable bonds is 2. The Balaban J connectivity index is 2.04. The van der Waals surface area contributed by atoms with Gasteiger partial charge in [0.1, 0.15) is 5.69 Å². The van der Waals surface area contributed by atoms with Crippen molar-refractivity contribution in [1.82, 2.24) is 14.7 Å². The first kappa shape index (κ1) is 12.1. The highest BCUT2D eigenvalue weighted by Crippen LogP contribution is 2.18. The number of carbonyl (C=O) groups is 1. The smallest absolute Gasteiger partial charge is 0.272 e. The Morgan fingerprint density at radius 2 is 2.18 bits per heavy atom. The molecule has 2 heterocycles. The van der Waals surface area contributed by atoms with Crippen LogP contribution in [-0.2, 0) is 7.05 Å². The highest BCUT2D eigenvalue weighted by molar-refractivity contribution is 5.92. The fourth-order valence-electron chi connectivity index (χ4n) is 2.29. The molecule has 2 rings (SSSR count). The van der Waals surface area contributed by atoms with Crippen LogP contribution in [0.1, 0.15) is 29.0 Å². The number of aliphatic hydroxyl groups is 1. The van der Waals surface area contributed by atoms with Gasteiger partial charge in [-0.15, -0.1) is 0 Å². The third-order valence-corrected chi connectivity index (χ3v) is 3.38. The average Bonchev–Trinajstić information content (AvgIpc) is 2.68. The molecule has 1 fully saturated rings. The van der Waals surface area contributed by atoms with E-state index in [1.165, 1.54) is 0 Å². The number of nitrogens with zero attached hydrogens (tertiary/aromatic N) is 3. The predicted octanol–water partition coefficient (Wildman–Crippen LogP) is 0.573. The van der Waals surface area contributed by atoms with Gasteiger partial charge in [-0.2, -0.15) is 5.10 Å². The molecule has 1 aliphatic heterocycles. The summed E-state index contributed by atoms with van der Waals surface area (Å²) in [6.07, 6.45) is 1.78. The van der Waals surface area contributed by atoms with Crippen molar-refractivity contribution in [3.8, 4) is 0 Å². The number of aromatic nitrogens is 2. The second-order valence-corrected chi connectivity index (χ2v) is 4.71. The topological polar surface area (TPSA) is 58.4 Å². The monoisotopic (exact) mass is 237 g/mol. The molecule has 0 saturated carbocycles. The first-order valence-corrected chi connectivity index (χ1v) is 6.02. The third kappa shape index (κ3) is 2.49. The Morgan fingerprint density at radius 3 is 2.65 bits per heavy atom. The van der Waals surface area contributed by atoms with Crippen molar-refractivity contribution in [2.45, 2.75) is 19.8 Å². The van der Waals surface area contributed by atoms with E-state index in [4.69, 9.17) is 5.11 Å². The van der Waals surface area contributed by atoms with E-state index in [-0.39, 0.29) is 12.5 Å². The molecular weight excluding hydrogens is 218 g/mol. The zero-order valence-corrected chi connectivity index (χ0v) is 10.4. The number of aliphatic hydroxyl groups excluding tert-OH is 1. The van der Waals surface area contributed by atoms with E-state index in [1.807, 2.05) is 17.9 Å². The van der Waals surface area contributed by atoms with Gasteiger partial charge in [-0.25, -0.2) is 0 Å². The van der Waals surface area contributed by atoms with E-state index in [9.17, 15) is 4.79 Å². The van der Waals surface area contributed by atoms with Crippen LogP contribution in [-0.4, -0.2) is 45.4 Å². The SMILES string of the molecule is Cc1cc(C(=O)N2CCC(CO)CC2)n(C)n1. The van der Waals surface area contributed by atoms with E-state index in [1.54, 1.807) is 11.7 Å². The van der Waals surface area contributed by atoms with Crippen LogP contribution < -0.4 is 0 Å². The molecule has 94 valence electrons. The van der Waals surface area contributed by atoms with E-state index >= 15 is 0 Å². The van der Waals surface area contributed by atoms with Crippen molar-refractivity contribution in [3.63, 3.8) is 0 Å². The largest absolute Gasteiger partial charge is 0.396 e. The minimum atomic E-state index is 0.0458. The fourth-order valence-corrected chi connectivity index (χ4v) is 2.29. The normalized spacial score (nSPS) is 17.5. The Labute approximate surface area is 101 Å². The minimum Gasteiger partial charge on any atom is -0.396 e. The molecule has 1 amide bonds. The summed E-state index contributed by atoms with van der Waals surface area (Å²) in [5, 5.41) is 13.3. The van der Waals surface area contributed by atoms with Gasteiger partial charge in [-0.05, 0) is 31.7 Å². The molecule has 1 saturated heterocycles. The van der Waals surface area contributed by atoms with Crippen LogP contribution in [0.25, 0.3) is 0 Å². The lowest BCUT2D eigenvalue weighted by Crippen LogP contribution is -2.39. The highest BCUT2D eigenvalue weighted by atomic mass is 16.3. The van der Waals surface area contributed by atoms with Gasteiger partial charge in [0.05, 0.1) is 5.69 Å². The van der Waals surface area contributed by atoms with Crippen molar-refractivity contribution in [3.05, 3.63) is 17.5 Å². The van der Waals surface area contributed by atoms with Gasteiger partial charge in [-0.1, -0.05) is 0 Å². The molecule has 0 aliphatic carbocycles. The molecule has 1 aliphatic rings. The lowest BCUT2D eigenvalue weighted by Gasteiger charge is -2.31. The number of carbonyl (C=O) groups excluding carboxylic acids is 1. The maximum Gasteiger partial charge on any atom is 0.272 e. The summed E-state index contributed by atoms with van der Waals surface area (Å²) >= 11 is 0. The van der Waals surface area contributed by atoms with E-state index in [0.717, 1.165) is 31.6 Å². The molecule has 0 bridgehead atoms. The van der Waals surface area contributed by atoms with Crippen LogP contribution in [0.3, 0.4) is 0 Å². The van der Waals surface area contributed by atoms with Gasteiger partial charge in [0.15, 0.2) is 0 Å². The second kappa shape index (κ2) is 4.87. The number of hydrogen-bond acceptors (Lipinski definition) is 3. The molecule has 0 atom stereocenters. The van der Waals surface area contributed by atoms with E-state index in [0.29, 0.717) is 11.6 Å². The summed E-state index contributed by atoms with van der Waals surface area (Å²) in [7, 11) is 1.79. The molecule has 5 heteroatoms. The van der Waals surface area contributed by atoms with E-state index in [2.05, 4.69) is 5.10 Å². The fraction of sp³-hybridized carbons (Fsp3) is 0.667. The Hall–Kier alpha value is -1.36. The van der Waals surface area contributed by atoms with Gasteiger partial charge in [0, 0.05) is 26.7 Å².